The highest BCUT2D eigenvalue weighted by Gasteiger charge is 2.52. The fourth-order valence-corrected chi connectivity index (χ4v) is 4.93. The summed E-state index contributed by atoms with van der Waals surface area (Å²) in [4.78, 5) is 59.0. The monoisotopic (exact) mass is 610 g/mol. The van der Waals surface area contributed by atoms with Gasteiger partial charge in [0.05, 0.1) is 30.1 Å². The van der Waals surface area contributed by atoms with E-state index >= 15 is 0 Å². The SMILES string of the molecule is COc1nn([C@@H]2O[C@H](COC(=O)c3ccccc3)[C@@H](OC(=O)c3ccccc3)[C@H]2OC(=O)c2ccccc2)c2nc[nH]c(=O)c12. The molecule has 0 amide bonds. The van der Waals surface area contributed by atoms with Gasteiger partial charge in [0.25, 0.3) is 5.56 Å². The van der Waals surface area contributed by atoms with Crippen LogP contribution in [-0.2, 0) is 18.9 Å². The van der Waals surface area contributed by atoms with E-state index in [9.17, 15) is 19.2 Å². The minimum Gasteiger partial charge on any atom is -0.479 e. The van der Waals surface area contributed by atoms with Gasteiger partial charge < -0.3 is 28.7 Å². The van der Waals surface area contributed by atoms with Gasteiger partial charge >= 0.3 is 17.9 Å². The van der Waals surface area contributed by atoms with Crippen molar-refractivity contribution in [2.24, 2.45) is 0 Å². The van der Waals surface area contributed by atoms with Crippen molar-refractivity contribution in [2.45, 2.75) is 24.5 Å². The molecular weight excluding hydrogens is 584 g/mol. The number of aromatic nitrogens is 4. The highest BCUT2D eigenvalue weighted by Crippen LogP contribution is 2.37. The maximum absolute atomic E-state index is 13.4. The van der Waals surface area contributed by atoms with Crippen molar-refractivity contribution in [1.82, 2.24) is 19.7 Å². The van der Waals surface area contributed by atoms with Crippen LogP contribution in [0.5, 0.6) is 5.88 Å². The van der Waals surface area contributed by atoms with Crippen molar-refractivity contribution < 1.29 is 38.1 Å². The molecule has 0 aliphatic carbocycles. The largest absolute Gasteiger partial charge is 0.479 e. The maximum Gasteiger partial charge on any atom is 0.338 e. The topological polar surface area (TPSA) is 161 Å². The number of carbonyl (C=O) groups excluding carboxylic acids is 3. The Hall–Kier alpha value is -5.82. The molecule has 1 N–H and O–H groups in total. The van der Waals surface area contributed by atoms with Gasteiger partial charge in [-0.2, -0.15) is 0 Å². The number of carbonyl (C=O) groups is 3. The quantitative estimate of drug-likeness (QED) is 0.193. The Balaban J connectivity index is 1.41. The minimum absolute atomic E-state index is 0.0218. The predicted molar refractivity (Wildman–Crippen MR) is 157 cm³/mol. The van der Waals surface area contributed by atoms with E-state index in [0.717, 1.165) is 0 Å². The van der Waals surface area contributed by atoms with Crippen LogP contribution in [0.1, 0.15) is 37.3 Å². The highest BCUT2D eigenvalue weighted by atomic mass is 16.7. The van der Waals surface area contributed by atoms with E-state index in [4.69, 9.17) is 23.7 Å². The normalized spacial score (nSPS) is 19.1. The number of hydrogen-bond donors (Lipinski definition) is 1. The molecule has 3 aromatic carbocycles. The third-order valence-corrected chi connectivity index (χ3v) is 7.08. The van der Waals surface area contributed by atoms with Gasteiger partial charge in [-0.25, -0.2) is 24.0 Å². The molecule has 2 aromatic heterocycles. The van der Waals surface area contributed by atoms with E-state index in [2.05, 4.69) is 15.1 Å². The molecule has 1 aliphatic heterocycles. The van der Waals surface area contributed by atoms with Crippen molar-refractivity contribution in [2.75, 3.05) is 13.7 Å². The Morgan fingerprint density at radius 1 is 0.800 bits per heavy atom. The number of nitrogens with one attached hydrogen (secondary N) is 1. The number of nitrogens with zero attached hydrogens (tertiary/aromatic N) is 3. The van der Waals surface area contributed by atoms with Crippen molar-refractivity contribution in [3.8, 4) is 5.88 Å². The number of rotatable bonds is 9. The number of fused-ring (bicyclic) bond motifs is 1. The first-order valence-electron chi connectivity index (χ1n) is 13.8. The average molecular weight is 611 g/mol. The molecule has 45 heavy (non-hydrogen) atoms. The Bertz CT molecular complexity index is 1880. The standard InChI is InChI=1S/C32H26N4O9/c1-41-28-23-26(33-18-34-27(23)37)36(35-28)29-25(45-32(40)21-15-9-4-10-16-21)24(44-31(39)20-13-7-3-8-14-20)22(43-29)17-42-30(38)19-11-5-2-6-12-19/h2-16,18,22,24-25,29H,17H2,1H3,(H,33,34,37)/t22-,24-,25-,29-/m1/s1. The molecule has 1 aliphatic rings. The number of ether oxygens (including phenoxy) is 5. The molecule has 3 heterocycles. The van der Waals surface area contributed by atoms with Crippen LogP contribution in [0, 0.1) is 0 Å². The van der Waals surface area contributed by atoms with Crippen LogP contribution in [-0.4, -0.2) is 69.7 Å². The van der Waals surface area contributed by atoms with E-state index in [1.165, 1.54) is 18.1 Å². The van der Waals surface area contributed by atoms with Gasteiger partial charge in [-0.15, -0.1) is 5.10 Å². The molecule has 0 radical (unpaired) electrons. The summed E-state index contributed by atoms with van der Waals surface area (Å²) in [6, 6.07) is 24.7. The Morgan fingerprint density at radius 3 is 1.89 bits per heavy atom. The van der Waals surface area contributed by atoms with E-state index < -0.39 is 48.0 Å². The second-order valence-corrected chi connectivity index (χ2v) is 9.89. The summed E-state index contributed by atoms with van der Waals surface area (Å²) in [5.74, 6) is -2.19. The number of benzene rings is 3. The molecule has 13 heteroatoms. The maximum atomic E-state index is 13.4. The lowest BCUT2D eigenvalue weighted by Crippen LogP contribution is -2.41. The number of methoxy groups -OCH3 is 1. The van der Waals surface area contributed by atoms with Crippen molar-refractivity contribution in [3.05, 3.63) is 124 Å². The Kier molecular flexibility index (Phi) is 8.33. The molecule has 0 spiro atoms. The summed E-state index contributed by atoms with van der Waals surface area (Å²) < 4.78 is 30.3. The highest BCUT2D eigenvalue weighted by molar-refractivity contribution is 5.91. The molecule has 0 bridgehead atoms. The Labute approximate surface area is 255 Å². The van der Waals surface area contributed by atoms with Crippen LogP contribution in [0.15, 0.2) is 102 Å². The smallest absolute Gasteiger partial charge is 0.338 e. The van der Waals surface area contributed by atoms with E-state index in [1.807, 2.05) is 0 Å². The van der Waals surface area contributed by atoms with E-state index in [-0.39, 0.29) is 34.6 Å². The summed E-state index contributed by atoms with van der Waals surface area (Å²) in [5.41, 5.74) is 0.272. The van der Waals surface area contributed by atoms with Gasteiger partial charge in [0.1, 0.15) is 18.1 Å². The molecule has 228 valence electrons. The molecule has 1 saturated heterocycles. The lowest BCUT2D eigenvalue weighted by atomic mass is 10.1. The second kappa shape index (κ2) is 12.8. The third kappa shape index (κ3) is 6.01. The van der Waals surface area contributed by atoms with Crippen LogP contribution < -0.4 is 10.3 Å². The van der Waals surface area contributed by atoms with Gasteiger partial charge in [0, 0.05) is 0 Å². The Morgan fingerprint density at radius 2 is 1.33 bits per heavy atom. The first-order chi connectivity index (χ1) is 21.9. The number of aromatic amines is 1. The second-order valence-electron chi connectivity index (χ2n) is 9.89. The number of hydrogen-bond acceptors (Lipinski definition) is 11. The third-order valence-electron chi connectivity index (χ3n) is 7.08. The van der Waals surface area contributed by atoms with Gasteiger partial charge in [-0.3, -0.25) is 4.79 Å². The molecule has 6 rings (SSSR count). The molecule has 13 nitrogen and oxygen atoms in total. The fourth-order valence-electron chi connectivity index (χ4n) is 4.93. The van der Waals surface area contributed by atoms with Crippen LogP contribution >= 0.6 is 0 Å². The van der Waals surface area contributed by atoms with Crippen molar-refractivity contribution >= 4 is 28.9 Å². The van der Waals surface area contributed by atoms with Crippen molar-refractivity contribution in [1.29, 1.82) is 0 Å². The minimum atomic E-state index is -1.35. The summed E-state index contributed by atoms with van der Waals surface area (Å²) in [5, 5.41) is 4.40. The van der Waals surface area contributed by atoms with Crippen LogP contribution in [0.3, 0.4) is 0 Å². The molecule has 5 aromatic rings. The predicted octanol–water partition coefficient (Wildman–Crippen LogP) is 3.33. The van der Waals surface area contributed by atoms with Crippen LogP contribution in [0.25, 0.3) is 11.0 Å². The summed E-state index contributed by atoms with van der Waals surface area (Å²) in [6.07, 6.45) is -3.91. The first-order valence-corrected chi connectivity index (χ1v) is 13.8. The first kappa shape index (κ1) is 29.3. The number of esters is 3. The van der Waals surface area contributed by atoms with Crippen LogP contribution in [0.4, 0.5) is 0 Å². The average Bonchev–Trinajstić information content (AvgIpc) is 3.63. The molecule has 1 fully saturated rings. The molecule has 4 atom stereocenters. The molecular formula is C32H26N4O9. The van der Waals surface area contributed by atoms with Gasteiger partial charge in [-0.1, -0.05) is 54.6 Å². The molecule has 0 unspecified atom stereocenters. The van der Waals surface area contributed by atoms with Crippen molar-refractivity contribution in [3.63, 3.8) is 0 Å². The fraction of sp³-hybridized carbons (Fsp3) is 0.188. The van der Waals surface area contributed by atoms with Crippen LogP contribution in [0.2, 0.25) is 0 Å². The summed E-state index contributed by atoms with van der Waals surface area (Å²) >= 11 is 0. The zero-order valence-electron chi connectivity index (χ0n) is 23.8. The number of H-pyrrole nitrogens is 1. The molecule has 0 saturated carbocycles. The summed E-state index contributed by atoms with van der Waals surface area (Å²) in [6.45, 7) is -0.388. The zero-order valence-corrected chi connectivity index (χ0v) is 23.8. The summed E-state index contributed by atoms with van der Waals surface area (Å²) in [7, 11) is 1.33. The lowest BCUT2D eigenvalue weighted by molar-refractivity contribution is -0.0657. The van der Waals surface area contributed by atoms with Gasteiger partial charge in [-0.05, 0) is 36.4 Å². The van der Waals surface area contributed by atoms with Gasteiger partial charge in [0.15, 0.2) is 24.1 Å². The van der Waals surface area contributed by atoms with E-state index in [0.29, 0.717) is 5.56 Å². The van der Waals surface area contributed by atoms with Gasteiger partial charge in [0.2, 0.25) is 5.88 Å². The van der Waals surface area contributed by atoms with E-state index in [1.54, 1.807) is 91.0 Å². The lowest BCUT2D eigenvalue weighted by Gasteiger charge is -2.24. The zero-order chi connectivity index (χ0) is 31.3.